The summed E-state index contributed by atoms with van der Waals surface area (Å²) in [5.41, 5.74) is -0.203. The van der Waals surface area contributed by atoms with Crippen molar-refractivity contribution in [1.82, 2.24) is 0 Å². The van der Waals surface area contributed by atoms with Crippen molar-refractivity contribution in [2.24, 2.45) is 5.41 Å². The predicted octanol–water partition coefficient (Wildman–Crippen LogP) is 2.23. The third-order valence-corrected chi connectivity index (χ3v) is 3.42. The zero-order valence-corrected chi connectivity index (χ0v) is 10.1. The summed E-state index contributed by atoms with van der Waals surface area (Å²) in [7, 11) is 0. The monoisotopic (exact) mass is 244 g/mol. The van der Waals surface area contributed by atoms with Gasteiger partial charge in [-0.2, -0.15) is 0 Å². The molecule has 0 radical (unpaired) electrons. The van der Waals surface area contributed by atoms with Crippen molar-refractivity contribution in [3.8, 4) is 5.75 Å². The van der Waals surface area contributed by atoms with E-state index in [4.69, 9.17) is 9.47 Å². The molecule has 18 heavy (non-hydrogen) atoms. The highest BCUT2D eigenvalue weighted by atomic mass is 16.5. The Balaban J connectivity index is 1.74. The highest BCUT2D eigenvalue weighted by molar-refractivity contribution is 5.83. The van der Waals surface area contributed by atoms with Crippen molar-refractivity contribution in [3.63, 3.8) is 0 Å². The number of aliphatic hydroxyl groups excluding tert-OH is 1. The highest BCUT2D eigenvalue weighted by Gasteiger charge is 2.39. The molecule has 0 aromatic heterocycles. The van der Waals surface area contributed by atoms with Gasteiger partial charge in [0.15, 0.2) is 0 Å². The van der Waals surface area contributed by atoms with Gasteiger partial charge in [0.05, 0.1) is 25.2 Å². The number of hydrogen-bond donors (Lipinski definition) is 1. The molecule has 0 atom stereocenters. The van der Waals surface area contributed by atoms with E-state index in [-0.39, 0.29) is 12.0 Å². The molecule has 0 spiro atoms. The molecule has 3 nitrogen and oxygen atoms in total. The number of rotatable bonds is 4. The Morgan fingerprint density at radius 2 is 1.89 bits per heavy atom. The second-order valence-electron chi connectivity index (χ2n) is 4.95. The maximum atomic E-state index is 9.33. The fourth-order valence-electron chi connectivity index (χ4n) is 2.10. The Hall–Kier alpha value is -1.58. The van der Waals surface area contributed by atoms with E-state index in [2.05, 4.69) is 12.1 Å². The third-order valence-electron chi connectivity index (χ3n) is 3.42. The number of aliphatic hydroxyl groups is 1. The molecule has 0 saturated carbocycles. The van der Waals surface area contributed by atoms with Crippen LogP contribution in [0.3, 0.4) is 0 Å². The lowest BCUT2D eigenvalue weighted by molar-refractivity contribution is -0.153. The SMILES string of the molecule is OCC1(COc2ccc3ccccc3c2)COC1. The number of fused-ring (bicyclic) bond motifs is 1. The molecule has 3 heteroatoms. The van der Waals surface area contributed by atoms with Crippen molar-refractivity contribution in [2.45, 2.75) is 0 Å². The summed E-state index contributed by atoms with van der Waals surface area (Å²) in [6, 6.07) is 14.2. The summed E-state index contributed by atoms with van der Waals surface area (Å²) in [5, 5.41) is 11.7. The van der Waals surface area contributed by atoms with Crippen molar-refractivity contribution in [2.75, 3.05) is 26.4 Å². The minimum atomic E-state index is -0.203. The van der Waals surface area contributed by atoms with E-state index in [1.165, 1.54) is 5.39 Å². The second-order valence-corrected chi connectivity index (χ2v) is 4.95. The van der Waals surface area contributed by atoms with Crippen LogP contribution < -0.4 is 4.74 Å². The van der Waals surface area contributed by atoms with Gasteiger partial charge in [-0.3, -0.25) is 0 Å². The standard InChI is InChI=1S/C15H16O3/c16-8-15(9-17-10-15)11-18-14-6-5-12-3-1-2-4-13(12)7-14/h1-7,16H,8-11H2. The average Bonchev–Trinajstić information content (AvgIpc) is 2.38. The van der Waals surface area contributed by atoms with Gasteiger partial charge in [-0.25, -0.2) is 0 Å². The second kappa shape index (κ2) is 4.59. The first kappa shape index (κ1) is 11.5. The maximum absolute atomic E-state index is 9.33. The zero-order chi connectivity index (χ0) is 12.4. The first-order valence-corrected chi connectivity index (χ1v) is 6.12. The topological polar surface area (TPSA) is 38.7 Å². The van der Waals surface area contributed by atoms with Crippen LogP contribution in [0, 0.1) is 5.41 Å². The predicted molar refractivity (Wildman–Crippen MR) is 69.8 cm³/mol. The molecule has 1 aliphatic rings. The van der Waals surface area contributed by atoms with E-state index in [1.54, 1.807) is 0 Å². The van der Waals surface area contributed by atoms with Gasteiger partial charge in [-0.15, -0.1) is 0 Å². The minimum absolute atomic E-state index is 0.112. The van der Waals surface area contributed by atoms with Gasteiger partial charge < -0.3 is 14.6 Å². The molecule has 1 N–H and O–H groups in total. The molecular weight excluding hydrogens is 228 g/mol. The van der Waals surface area contributed by atoms with Crippen molar-refractivity contribution in [3.05, 3.63) is 42.5 Å². The van der Waals surface area contributed by atoms with Gasteiger partial charge in [0.2, 0.25) is 0 Å². The lowest BCUT2D eigenvalue weighted by Gasteiger charge is -2.39. The van der Waals surface area contributed by atoms with Crippen LogP contribution in [0.25, 0.3) is 10.8 Å². The molecular formula is C15H16O3. The summed E-state index contributed by atoms with van der Waals surface area (Å²) in [4.78, 5) is 0. The summed E-state index contributed by atoms with van der Waals surface area (Å²) in [5.74, 6) is 0.841. The fourth-order valence-corrected chi connectivity index (χ4v) is 2.10. The molecule has 1 aliphatic heterocycles. The van der Waals surface area contributed by atoms with Crippen molar-refractivity contribution >= 4 is 10.8 Å². The molecule has 94 valence electrons. The lowest BCUT2D eigenvalue weighted by Crippen LogP contribution is -2.49. The van der Waals surface area contributed by atoms with E-state index < -0.39 is 0 Å². The summed E-state index contributed by atoms with van der Waals surface area (Å²) in [6.07, 6.45) is 0. The van der Waals surface area contributed by atoms with Crippen LogP contribution in [0.5, 0.6) is 5.75 Å². The molecule has 0 aliphatic carbocycles. The first-order valence-electron chi connectivity index (χ1n) is 6.12. The number of ether oxygens (including phenoxy) is 2. The van der Waals surface area contributed by atoms with Crippen LogP contribution in [-0.2, 0) is 4.74 Å². The Kier molecular flexibility index (Phi) is 2.94. The summed E-state index contributed by atoms with van der Waals surface area (Å²) in [6.45, 7) is 1.77. The van der Waals surface area contributed by atoms with E-state index in [9.17, 15) is 5.11 Å². The quantitative estimate of drug-likeness (QED) is 0.896. The lowest BCUT2D eigenvalue weighted by atomic mass is 9.88. The van der Waals surface area contributed by atoms with Crippen LogP contribution >= 0.6 is 0 Å². The molecule has 0 unspecified atom stereocenters. The largest absolute Gasteiger partial charge is 0.493 e. The smallest absolute Gasteiger partial charge is 0.119 e. The van der Waals surface area contributed by atoms with E-state index >= 15 is 0 Å². The normalized spacial score (nSPS) is 17.4. The highest BCUT2D eigenvalue weighted by Crippen LogP contribution is 2.28. The van der Waals surface area contributed by atoms with Gasteiger partial charge in [0.1, 0.15) is 12.4 Å². The third kappa shape index (κ3) is 2.07. The van der Waals surface area contributed by atoms with Crippen LogP contribution in [-0.4, -0.2) is 31.5 Å². The van der Waals surface area contributed by atoms with Gasteiger partial charge in [0, 0.05) is 0 Å². The minimum Gasteiger partial charge on any atom is -0.493 e. The van der Waals surface area contributed by atoms with Crippen LogP contribution in [0.1, 0.15) is 0 Å². The van der Waals surface area contributed by atoms with E-state index in [0.29, 0.717) is 19.8 Å². The molecule has 1 saturated heterocycles. The molecule has 2 aromatic carbocycles. The molecule has 2 aromatic rings. The van der Waals surface area contributed by atoms with Crippen molar-refractivity contribution < 1.29 is 14.6 Å². The van der Waals surface area contributed by atoms with Gasteiger partial charge in [-0.1, -0.05) is 30.3 Å². The Morgan fingerprint density at radius 3 is 2.56 bits per heavy atom. The summed E-state index contributed by atoms with van der Waals surface area (Å²) < 4.78 is 10.9. The molecule has 0 amide bonds. The van der Waals surface area contributed by atoms with Crippen LogP contribution in [0.2, 0.25) is 0 Å². The number of hydrogen-bond acceptors (Lipinski definition) is 3. The Bertz CT molecular complexity index is 541. The van der Waals surface area contributed by atoms with Crippen LogP contribution in [0.15, 0.2) is 42.5 Å². The molecule has 0 bridgehead atoms. The van der Waals surface area contributed by atoms with Crippen LogP contribution in [0.4, 0.5) is 0 Å². The average molecular weight is 244 g/mol. The van der Waals surface area contributed by atoms with E-state index in [0.717, 1.165) is 11.1 Å². The van der Waals surface area contributed by atoms with Gasteiger partial charge >= 0.3 is 0 Å². The molecule has 1 heterocycles. The van der Waals surface area contributed by atoms with E-state index in [1.807, 2.05) is 30.3 Å². The van der Waals surface area contributed by atoms with Gasteiger partial charge in [0.25, 0.3) is 0 Å². The Labute approximate surface area is 106 Å². The van der Waals surface area contributed by atoms with Gasteiger partial charge in [-0.05, 0) is 22.9 Å². The molecule has 3 rings (SSSR count). The Morgan fingerprint density at radius 1 is 1.11 bits per heavy atom. The first-order chi connectivity index (χ1) is 8.81. The fraction of sp³-hybridized carbons (Fsp3) is 0.333. The molecule has 1 fully saturated rings. The maximum Gasteiger partial charge on any atom is 0.119 e. The zero-order valence-electron chi connectivity index (χ0n) is 10.1. The van der Waals surface area contributed by atoms with Crippen molar-refractivity contribution in [1.29, 1.82) is 0 Å². The summed E-state index contributed by atoms with van der Waals surface area (Å²) >= 11 is 0. The number of benzene rings is 2.